The van der Waals surface area contributed by atoms with Crippen molar-refractivity contribution in [1.29, 1.82) is 0 Å². The van der Waals surface area contributed by atoms with Gasteiger partial charge in [0.2, 0.25) is 0 Å². The Hall–Kier alpha value is -3.19. The Kier molecular flexibility index (Phi) is 64.2. The molecule has 0 saturated carbocycles. The van der Waals surface area contributed by atoms with E-state index in [2.05, 4.69) is 157 Å². The van der Waals surface area contributed by atoms with E-state index in [1.807, 2.05) is 74.6 Å². The van der Waals surface area contributed by atoms with Crippen molar-refractivity contribution >= 4 is 17.3 Å². The summed E-state index contributed by atoms with van der Waals surface area (Å²) >= 11 is 0. The maximum absolute atomic E-state index is 11.8. The Morgan fingerprint density at radius 1 is 0.408 bits per heavy atom. The molecular formula is C70H130O6. The van der Waals surface area contributed by atoms with Crippen molar-refractivity contribution in [3.05, 3.63) is 97.2 Å². The zero-order chi connectivity index (χ0) is 60.0. The molecule has 0 aromatic rings. The van der Waals surface area contributed by atoms with E-state index in [9.17, 15) is 29.7 Å². The normalized spacial score (nSPS) is 13.5. The Bertz CT molecular complexity index is 1540. The molecule has 0 aromatic carbocycles. The number of ketones is 3. The highest BCUT2D eigenvalue weighted by molar-refractivity contribution is 5.94. The van der Waals surface area contributed by atoms with Gasteiger partial charge in [0.1, 0.15) is 0 Å². The van der Waals surface area contributed by atoms with Gasteiger partial charge in [-0.25, -0.2) is 0 Å². The third kappa shape index (κ3) is 72.9. The molecule has 0 spiro atoms. The monoisotopic (exact) mass is 1070 g/mol. The van der Waals surface area contributed by atoms with Crippen LogP contribution in [0.3, 0.4) is 0 Å². The molecule has 3 N–H and O–H groups in total. The Balaban J connectivity index is -0.000000194. The first-order chi connectivity index (χ1) is 35.5. The van der Waals surface area contributed by atoms with Crippen LogP contribution in [0.1, 0.15) is 268 Å². The Morgan fingerprint density at radius 3 is 1.25 bits per heavy atom. The fraction of sp³-hybridized carbons (Fsp3) is 0.729. The lowest BCUT2D eigenvalue weighted by atomic mass is 9.81. The second kappa shape index (κ2) is 58.0. The molecule has 0 saturated heterocycles. The van der Waals surface area contributed by atoms with Crippen molar-refractivity contribution < 1.29 is 29.7 Å². The van der Waals surface area contributed by atoms with Gasteiger partial charge in [0.25, 0.3) is 0 Å². The van der Waals surface area contributed by atoms with Crippen LogP contribution >= 0.6 is 0 Å². The highest BCUT2D eigenvalue weighted by atomic mass is 16.3. The molecule has 6 nitrogen and oxygen atoms in total. The molecule has 3 unspecified atom stereocenters. The molecule has 0 amide bonds. The molecule has 0 aliphatic heterocycles. The van der Waals surface area contributed by atoms with Gasteiger partial charge in [0.05, 0.1) is 18.3 Å². The molecule has 446 valence electrons. The number of carbonyl (C=O) groups excluding carboxylic acids is 3. The first-order valence-corrected chi connectivity index (χ1v) is 30.5. The number of rotatable bonds is 34. The van der Waals surface area contributed by atoms with Crippen molar-refractivity contribution in [3.8, 4) is 0 Å². The number of allylic oxidation sites excluding steroid dienone is 12. The first kappa shape index (κ1) is 84.1. The summed E-state index contributed by atoms with van der Waals surface area (Å²) in [6, 6.07) is 0. The molecule has 0 aromatic heterocycles. The summed E-state index contributed by atoms with van der Waals surface area (Å²) in [5.41, 5.74) is -0.164. The fourth-order valence-electron chi connectivity index (χ4n) is 6.16. The maximum atomic E-state index is 11.8. The lowest BCUT2D eigenvalue weighted by Crippen LogP contribution is -2.27. The molecular weight excluding hydrogens is 937 g/mol. The van der Waals surface area contributed by atoms with Crippen molar-refractivity contribution in [1.82, 2.24) is 0 Å². The zero-order valence-corrected chi connectivity index (χ0v) is 54.2. The largest absolute Gasteiger partial charge is 0.389 e. The SMILES string of the molecule is CCC=CCC(=O)C=CC(C)C.CCC=CCC(O)C=CC(C)C.CCCCC(C)(C)C(=O)C=CC(C)C.CCCCC(C)(C)C(O)C=CC(C)C.CCCCCC(=O)C=CC(C)C.CCCCCC(O)C=CC(C)C. The van der Waals surface area contributed by atoms with Crippen LogP contribution in [0.5, 0.6) is 0 Å². The number of aliphatic hydroxyl groups excluding tert-OH is 3. The van der Waals surface area contributed by atoms with Gasteiger partial charge in [-0.15, -0.1) is 0 Å². The summed E-state index contributed by atoms with van der Waals surface area (Å²) in [4.78, 5) is 34.0. The van der Waals surface area contributed by atoms with Gasteiger partial charge in [-0.3, -0.25) is 14.4 Å². The minimum atomic E-state index is -0.310. The summed E-state index contributed by atoms with van der Waals surface area (Å²) in [5.74, 6) is 3.72. The third-order valence-electron chi connectivity index (χ3n) is 11.5. The summed E-state index contributed by atoms with van der Waals surface area (Å²) in [6.45, 7) is 46.3. The van der Waals surface area contributed by atoms with Crippen LogP contribution in [0.2, 0.25) is 0 Å². The van der Waals surface area contributed by atoms with Crippen LogP contribution in [-0.2, 0) is 14.4 Å². The van der Waals surface area contributed by atoms with E-state index in [4.69, 9.17) is 0 Å². The average Bonchev–Trinajstić information content (AvgIpc) is 3.34. The molecule has 0 heterocycles. The van der Waals surface area contributed by atoms with Crippen LogP contribution < -0.4 is 0 Å². The quantitative estimate of drug-likeness (QED) is 0.0336. The second-order valence-corrected chi connectivity index (χ2v) is 23.8. The van der Waals surface area contributed by atoms with E-state index >= 15 is 0 Å². The Morgan fingerprint density at radius 2 is 0.803 bits per heavy atom. The molecule has 0 aliphatic rings. The van der Waals surface area contributed by atoms with E-state index in [-0.39, 0.29) is 46.5 Å². The van der Waals surface area contributed by atoms with Crippen molar-refractivity contribution in [3.63, 3.8) is 0 Å². The van der Waals surface area contributed by atoms with E-state index in [1.165, 1.54) is 38.5 Å². The van der Waals surface area contributed by atoms with Gasteiger partial charge in [-0.1, -0.05) is 289 Å². The zero-order valence-electron chi connectivity index (χ0n) is 54.2. The Labute approximate surface area is 474 Å². The van der Waals surface area contributed by atoms with E-state index in [0.29, 0.717) is 41.9 Å². The van der Waals surface area contributed by atoms with Gasteiger partial charge in [0.15, 0.2) is 17.3 Å². The van der Waals surface area contributed by atoms with E-state index in [1.54, 1.807) is 18.2 Å². The predicted molar refractivity (Wildman–Crippen MR) is 340 cm³/mol. The number of aliphatic hydroxyl groups is 3. The number of carbonyl (C=O) groups is 3. The topological polar surface area (TPSA) is 112 Å². The summed E-state index contributed by atoms with van der Waals surface area (Å²) in [6.07, 6.45) is 48.8. The van der Waals surface area contributed by atoms with E-state index in [0.717, 1.165) is 70.6 Å². The van der Waals surface area contributed by atoms with Gasteiger partial charge in [-0.05, 0) is 104 Å². The number of hydrogen-bond donors (Lipinski definition) is 3. The van der Waals surface area contributed by atoms with Gasteiger partial charge >= 0.3 is 0 Å². The molecule has 0 bridgehead atoms. The smallest absolute Gasteiger partial charge is 0.160 e. The lowest BCUT2D eigenvalue weighted by Gasteiger charge is -2.28. The van der Waals surface area contributed by atoms with Crippen molar-refractivity contribution in [2.45, 2.75) is 286 Å². The standard InChI is InChI=1S/C13H26O.C13H24O.C11H22O.2C11H20O.C11H18O/c2*1-6-7-10-13(4,5)12(14)9-8-11(2)3;4*1-4-5-6-7-11(12)9-8-10(2)3/h8-9,11-12,14H,6-7,10H2,1-5H3;8-9,11H,6-7,10H2,1-5H3;8-12H,4-7H2,1-3H3;8-10H,4-7H2,1-3H3;5-6,8-12H,4,7H2,1-3H3;5-6,8-10H,4,7H2,1-3H3. The third-order valence-corrected chi connectivity index (χ3v) is 11.5. The summed E-state index contributed by atoms with van der Waals surface area (Å²) in [5, 5.41) is 28.8. The van der Waals surface area contributed by atoms with Crippen LogP contribution in [0.15, 0.2) is 97.2 Å². The molecule has 0 aliphatic carbocycles. The van der Waals surface area contributed by atoms with Gasteiger partial charge in [-0.2, -0.15) is 0 Å². The maximum Gasteiger partial charge on any atom is 0.160 e. The number of unbranched alkanes of at least 4 members (excludes halogenated alkanes) is 6. The second-order valence-electron chi connectivity index (χ2n) is 23.8. The lowest BCUT2D eigenvalue weighted by molar-refractivity contribution is -0.122. The minimum absolute atomic E-state index is 0.0153. The van der Waals surface area contributed by atoms with Crippen molar-refractivity contribution in [2.75, 3.05) is 0 Å². The number of hydrogen-bond acceptors (Lipinski definition) is 6. The molecule has 3 atom stereocenters. The van der Waals surface area contributed by atoms with Crippen LogP contribution in [-0.4, -0.2) is 51.0 Å². The highest BCUT2D eigenvalue weighted by Gasteiger charge is 2.25. The molecule has 6 heteroatoms. The fourth-order valence-corrected chi connectivity index (χ4v) is 6.16. The molecule has 76 heavy (non-hydrogen) atoms. The summed E-state index contributed by atoms with van der Waals surface area (Å²) < 4.78 is 0. The molecule has 0 fully saturated rings. The first-order valence-electron chi connectivity index (χ1n) is 30.5. The molecule has 0 rings (SSSR count). The van der Waals surface area contributed by atoms with Crippen LogP contribution in [0, 0.1) is 46.3 Å². The van der Waals surface area contributed by atoms with E-state index < -0.39 is 0 Å². The van der Waals surface area contributed by atoms with Gasteiger partial charge < -0.3 is 15.3 Å². The predicted octanol–water partition coefficient (Wildman–Crippen LogP) is 20.3. The summed E-state index contributed by atoms with van der Waals surface area (Å²) in [7, 11) is 0. The van der Waals surface area contributed by atoms with Crippen LogP contribution in [0.4, 0.5) is 0 Å². The van der Waals surface area contributed by atoms with Gasteiger partial charge in [0, 0.05) is 18.3 Å². The van der Waals surface area contributed by atoms with Crippen molar-refractivity contribution in [2.24, 2.45) is 46.3 Å². The average molecular weight is 1070 g/mol. The minimum Gasteiger partial charge on any atom is -0.389 e. The highest BCUT2D eigenvalue weighted by Crippen LogP contribution is 2.29. The van der Waals surface area contributed by atoms with Crippen LogP contribution in [0.25, 0.3) is 0 Å². The molecule has 0 radical (unpaired) electrons.